The van der Waals surface area contributed by atoms with Crippen LogP contribution in [0.25, 0.3) is 11.0 Å². The maximum Gasteiger partial charge on any atom is 0.341 e. The summed E-state index contributed by atoms with van der Waals surface area (Å²) in [7, 11) is -3.32. The molecule has 1 heterocycles. The van der Waals surface area contributed by atoms with Gasteiger partial charge in [-0.15, -0.1) is 0 Å². The van der Waals surface area contributed by atoms with Gasteiger partial charge in [0, 0.05) is 17.5 Å². The van der Waals surface area contributed by atoms with Gasteiger partial charge in [0.1, 0.15) is 5.76 Å². The molecule has 8 heteroatoms. The van der Waals surface area contributed by atoms with Crippen molar-refractivity contribution in [3.05, 3.63) is 29.5 Å². The van der Waals surface area contributed by atoms with Crippen molar-refractivity contribution >= 4 is 27.0 Å². The van der Waals surface area contributed by atoms with E-state index in [0.29, 0.717) is 28.0 Å². The molecule has 0 radical (unpaired) electrons. The van der Waals surface area contributed by atoms with Crippen LogP contribution < -0.4 is 9.46 Å². The van der Waals surface area contributed by atoms with Crippen LogP contribution in [0.4, 0.5) is 0 Å². The Morgan fingerprint density at radius 1 is 1.43 bits per heavy atom. The Morgan fingerprint density at radius 2 is 2.14 bits per heavy atom. The van der Waals surface area contributed by atoms with Gasteiger partial charge in [-0.05, 0) is 13.0 Å². The van der Waals surface area contributed by atoms with Crippen molar-refractivity contribution in [1.29, 1.82) is 0 Å². The Bertz CT molecular complexity index is 777. The second kappa shape index (κ2) is 5.74. The minimum Gasteiger partial charge on any atom is -0.479 e. The molecular weight excluding hydrogens is 298 g/mol. The summed E-state index contributed by atoms with van der Waals surface area (Å²) in [6.07, 6.45) is 1.08. The second-order valence-corrected chi connectivity index (χ2v) is 6.38. The van der Waals surface area contributed by atoms with Crippen LogP contribution in [-0.4, -0.2) is 32.4 Å². The molecule has 114 valence electrons. The SMILES string of the molecule is Cc1oc2c(OCC(=O)O)cccc2c1CNS(C)(=O)=O. The van der Waals surface area contributed by atoms with Crippen molar-refractivity contribution in [2.45, 2.75) is 13.5 Å². The molecule has 0 amide bonds. The van der Waals surface area contributed by atoms with Gasteiger partial charge in [0.25, 0.3) is 0 Å². The van der Waals surface area contributed by atoms with Gasteiger partial charge >= 0.3 is 5.97 Å². The van der Waals surface area contributed by atoms with E-state index in [1.165, 1.54) is 0 Å². The van der Waals surface area contributed by atoms with E-state index in [1.54, 1.807) is 25.1 Å². The van der Waals surface area contributed by atoms with E-state index < -0.39 is 22.6 Å². The number of nitrogens with one attached hydrogen (secondary N) is 1. The number of rotatable bonds is 6. The van der Waals surface area contributed by atoms with E-state index in [0.717, 1.165) is 6.26 Å². The third-order valence-electron chi connectivity index (χ3n) is 2.85. The lowest BCUT2D eigenvalue weighted by atomic mass is 10.1. The Kier molecular flexibility index (Phi) is 4.19. The molecule has 0 saturated heterocycles. The maximum absolute atomic E-state index is 11.2. The van der Waals surface area contributed by atoms with E-state index in [9.17, 15) is 13.2 Å². The monoisotopic (exact) mass is 313 g/mol. The molecule has 0 atom stereocenters. The molecule has 0 saturated carbocycles. The van der Waals surface area contributed by atoms with Crippen molar-refractivity contribution in [3.63, 3.8) is 0 Å². The third kappa shape index (κ3) is 3.73. The zero-order valence-electron chi connectivity index (χ0n) is 11.5. The number of aliphatic carboxylic acids is 1. The first-order valence-corrected chi connectivity index (χ1v) is 7.97. The fourth-order valence-electron chi connectivity index (χ4n) is 1.94. The number of ether oxygens (including phenoxy) is 1. The lowest BCUT2D eigenvalue weighted by Crippen LogP contribution is -2.21. The number of hydrogen-bond donors (Lipinski definition) is 2. The van der Waals surface area contributed by atoms with E-state index >= 15 is 0 Å². The smallest absolute Gasteiger partial charge is 0.341 e. The lowest BCUT2D eigenvalue weighted by Gasteiger charge is -2.04. The van der Waals surface area contributed by atoms with Gasteiger partial charge in [-0.25, -0.2) is 17.9 Å². The third-order valence-corrected chi connectivity index (χ3v) is 3.52. The molecule has 0 unspecified atom stereocenters. The molecule has 0 spiro atoms. The number of furan rings is 1. The first-order valence-electron chi connectivity index (χ1n) is 6.08. The Hall–Kier alpha value is -2.06. The molecule has 0 aliphatic heterocycles. The quantitative estimate of drug-likeness (QED) is 0.831. The number of para-hydroxylation sites is 1. The Morgan fingerprint density at radius 3 is 2.76 bits per heavy atom. The number of carbonyl (C=O) groups is 1. The molecule has 0 bridgehead atoms. The number of aryl methyl sites for hydroxylation is 1. The van der Waals surface area contributed by atoms with E-state index in [4.69, 9.17) is 14.3 Å². The molecule has 0 fully saturated rings. The zero-order chi connectivity index (χ0) is 15.6. The highest BCUT2D eigenvalue weighted by Gasteiger charge is 2.16. The van der Waals surface area contributed by atoms with Crippen LogP contribution in [0.2, 0.25) is 0 Å². The van der Waals surface area contributed by atoms with Gasteiger partial charge in [-0.1, -0.05) is 12.1 Å². The first-order chi connectivity index (χ1) is 9.78. The van der Waals surface area contributed by atoms with Gasteiger partial charge in [-0.3, -0.25) is 0 Å². The molecule has 1 aromatic carbocycles. The van der Waals surface area contributed by atoms with Crippen molar-refractivity contribution in [1.82, 2.24) is 4.72 Å². The number of carboxylic acid groups (broad SMARTS) is 1. The first kappa shape index (κ1) is 15.3. The number of fused-ring (bicyclic) bond motifs is 1. The molecule has 7 nitrogen and oxygen atoms in total. The molecule has 0 aliphatic carbocycles. The maximum atomic E-state index is 11.2. The van der Waals surface area contributed by atoms with Crippen LogP contribution in [0.5, 0.6) is 5.75 Å². The minimum absolute atomic E-state index is 0.0973. The zero-order valence-corrected chi connectivity index (χ0v) is 12.4. The van der Waals surface area contributed by atoms with Gasteiger partial charge in [0.05, 0.1) is 6.26 Å². The summed E-state index contributed by atoms with van der Waals surface area (Å²) in [5, 5.41) is 9.33. The summed E-state index contributed by atoms with van der Waals surface area (Å²) >= 11 is 0. The number of carboxylic acids is 1. The number of hydrogen-bond acceptors (Lipinski definition) is 5. The fraction of sp³-hybridized carbons (Fsp3) is 0.308. The average molecular weight is 313 g/mol. The van der Waals surface area contributed by atoms with E-state index in [1.807, 2.05) is 0 Å². The summed E-state index contributed by atoms with van der Waals surface area (Å²) in [6.45, 7) is 1.33. The van der Waals surface area contributed by atoms with Crippen LogP contribution in [0.3, 0.4) is 0 Å². The van der Waals surface area contributed by atoms with Gasteiger partial charge in [0.15, 0.2) is 17.9 Å². The summed E-state index contributed by atoms with van der Waals surface area (Å²) in [5.74, 6) is -0.231. The number of benzene rings is 1. The average Bonchev–Trinajstić information content (AvgIpc) is 2.69. The standard InChI is InChI=1S/C13H15NO6S/c1-8-10(6-14-21(2,17)18)9-4-3-5-11(13(9)20-8)19-7-12(15)16/h3-5,14H,6-7H2,1-2H3,(H,15,16). The summed E-state index contributed by atoms with van der Waals surface area (Å²) in [4.78, 5) is 10.6. The predicted molar refractivity (Wildman–Crippen MR) is 75.8 cm³/mol. The lowest BCUT2D eigenvalue weighted by molar-refractivity contribution is -0.139. The molecule has 0 aliphatic rings. The van der Waals surface area contributed by atoms with Crippen LogP contribution in [0.15, 0.2) is 22.6 Å². The van der Waals surface area contributed by atoms with E-state index in [2.05, 4.69) is 4.72 Å². The molecule has 2 N–H and O–H groups in total. The summed E-state index contributed by atoms with van der Waals surface area (Å²) in [6, 6.07) is 5.05. The fourth-order valence-corrected chi connectivity index (χ4v) is 2.35. The minimum atomic E-state index is -3.32. The molecule has 21 heavy (non-hydrogen) atoms. The van der Waals surface area contributed by atoms with E-state index in [-0.39, 0.29) is 6.54 Å². The summed E-state index contributed by atoms with van der Waals surface area (Å²) < 4.78 is 35.5. The van der Waals surface area contributed by atoms with Gasteiger partial charge in [-0.2, -0.15) is 0 Å². The van der Waals surface area contributed by atoms with Crippen molar-refractivity contribution in [2.24, 2.45) is 0 Å². The highest BCUT2D eigenvalue weighted by atomic mass is 32.2. The van der Waals surface area contributed by atoms with Gasteiger partial charge in [0.2, 0.25) is 10.0 Å². The normalized spacial score (nSPS) is 11.7. The van der Waals surface area contributed by atoms with Crippen molar-refractivity contribution < 1.29 is 27.5 Å². The highest BCUT2D eigenvalue weighted by molar-refractivity contribution is 7.88. The Balaban J connectivity index is 2.37. The molecule has 2 rings (SSSR count). The second-order valence-electron chi connectivity index (χ2n) is 4.55. The summed E-state index contributed by atoms with van der Waals surface area (Å²) in [5.41, 5.74) is 1.10. The molecule has 2 aromatic rings. The largest absolute Gasteiger partial charge is 0.479 e. The molecule has 1 aromatic heterocycles. The van der Waals surface area contributed by atoms with Crippen molar-refractivity contribution in [3.8, 4) is 5.75 Å². The van der Waals surface area contributed by atoms with Crippen molar-refractivity contribution in [2.75, 3.05) is 12.9 Å². The van der Waals surface area contributed by atoms with Crippen LogP contribution in [-0.2, 0) is 21.4 Å². The topological polar surface area (TPSA) is 106 Å². The van der Waals surface area contributed by atoms with Crippen LogP contribution >= 0.6 is 0 Å². The Labute approximate surface area is 121 Å². The molecular formula is C13H15NO6S. The van der Waals surface area contributed by atoms with Crippen LogP contribution in [0.1, 0.15) is 11.3 Å². The highest BCUT2D eigenvalue weighted by Crippen LogP contribution is 2.32. The predicted octanol–water partition coefficient (Wildman–Crippen LogP) is 1.25. The van der Waals surface area contributed by atoms with Crippen LogP contribution in [0, 0.1) is 6.92 Å². The van der Waals surface area contributed by atoms with Gasteiger partial charge < -0.3 is 14.3 Å². The number of sulfonamides is 1.